The number of hydrogen-bond acceptors (Lipinski definition) is 7. The van der Waals surface area contributed by atoms with Gasteiger partial charge in [-0.1, -0.05) is 0 Å². The normalized spacial score (nSPS) is 14.8. The molecule has 0 aliphatic carbocycles. The Labute approximate surface area is 122 Å². The Kier molecular flexibility index (Phi) is 3.51. The van der Waals surface area contributed by atoms with Crippen LogP contribution in [0.25, 0.3) is 0 Å². The maximum Gasteiger partial charge on any atom is 0.169 e. The number of hydrogen-bond donors (Lipinski definition) is 1. The third-order valence-electron chi connectivity index (χ3n) is 3.57. The minimum atomic E-state index is 0.557. The van der Waals surface area contributed by atoms with Gasteiger partial charge in [-0.3, -0.25) is 4.98 Å². The zero-order chi connectivity index (χ0) is 14.7. The van der Waals surface area contributed by atoms with E-state index in [-0.39, 0.29) is 0 Å². The monoisotopic (exact) mass is 281 g/mol. The number of anilines is 3. The van der Waals surface area contributed by atoms with Crippen LogP contribution in [-0.4, -0.2) is 41.4 Å². The summed E-state index contributed by atoms with van der Waals surface area (Å²) < 4.78 is 0. The second-order valence-electron chi connectivity index (χ2n) is 4.79. The van der Waals surface area contributed by atoms with Gasteiger partial charge in [0.1, 0.15) is 6.07 Å². The van der Waals surface area contributed by atoms with Crippen molar-refractivity contribution in [3.8, 4) is 6.07 Å². The standard InChI is InChI=1S/C14H15N7/c15-9-11-1-4-18-19-14(11)21-7-5-20(6-8-21)13-2-3-17-10-12(13)16/h1-4,10H,5-8,16H2. The summed E-state index contributed by atoms with van der Waals surface area (Å²) in [5.41, 5.74) is 8.20. The molecular formula is C14H15N7. The highest BCUT2D eigenvalue weighted by molar-refractivity contribution is 5.66. The van der Waals surface area contributed by atoms with E-state index in [4.69, 9.17) is 11.0 Å². The van der Waals surface area contributed by atoms with Gasteiger partial charge in [-0.25, -0.2) is 0 Å². The molecule has 3 heterocycles. The van der Waals surface area contributed by atoms with E-state index in [2.05, 4.69) is 31.1 Å². The minimum absolute atomic E-state index is 0.557. The van der Waals surface area contributed by atoms with Gasteiger partial charge in [-0.15, -0.1) is 5.10 Å². The van der Waals surface area contributed by atoms with Crippen molar-refractivity contribution in [3.63, 3.8) is 0 Å². The Bertz CT molecular complexity index is 671. The fraction of sp³-hybridized carbons (Fsp3) is 0.286. The Hall–Kier alpha value is -2.88. The van der Waals surface area contributed by atoms with Crippen molar-refractivity contribution in [2.45, 2.75) is 0 Å². The molecular weight excluding hydrogens is 266 g/mol. The van der Waals surface area contributed by atoms with Crippen molar-refractivity contribution in [2.75, 3.05) is 41.7 Å². The van der Waals surface area contributed by atoms with Gasteiger partial charge in [-0.2, -0.15) is 10.4 Å². The predicted octanol–water partition coefficient (Wildman–Crippen LogP) is 0.652. The molecule has 1 fully saturated rings. The maximum atomic E-state index is 9.14. The third-order valence-corrected chi connectivity index (χ3v) is 3.57. The third kappa shape index (κ3) is 2.56. The Balaban J connectivity index is 1.74. The predicted molar refractivity (Wildman–Crippen MR) is 79.8 cm³/mol. The van der Waals surface area contributed by atoms with Crippen LogP contribution in [0.5, 0.6) is 0 Å². The molecule has 2 N–H and O–H groups in total. The van der Waals surface area contributed by atoms with Gasteiger partial charge < -0.3 is 15.5 Å². The fourth-order valence-corrected chi connectivity index (χ4v) is 2.49. The number of pyridine rings is 1. The molecule has 0 radical (unpaired) electrons. The van der Waals surface area contributed by atoms with Gasteiger partial charge in [0.2, 0.25) is 0 Å². The van der Waals surface area contributed by atoms with E-state index in [0.29, 0.717) is 17.1 Å². The van der Waals surface area contributed by atoms with Crippen LogP contribution in [0, 0.1) is 11.3 Å². The van der Waals surface area contributed by atoms with E-state index >= 15 is 0 Å². The van der Waals surface area contributed by atoms with Crippen LogP contribution in [0.1, 0.15) is 5.56 Å². The highest BCUT2D eigenvalue weighted by atomic mass is 15.3. The van der Waals surface area contributed by atoms with Gasteiger partial charge in [0, 0.05) is 32.4 Å². The summed E-state index contributed by atoms with van der Waals surface area (Å²) in [6.07, 6.45) is 4.95. The number of nitrogens with zero attached hydrogens (tertiary/aromatic N) is 6. The Morgan fingerprint density at radius 3 is 2.57 bits per heavy atom. The van der Waals surface area contributed by atoms with Crippen LogP contribution in [0.4, 0.5) is 17.2 Å². The van der Waals surface area contributed by atoms with Crippen LogP contribution in [0.3, 0.4) is 0 Å². The number of piperazine rings is 1. The van der Waals surface area contributed by atoms with Gasteiger partial charge in [0.05, 0.1) is 29.3 Å². The largest absolute Gasteiger partial charge is 0.396 e. The number of aromatic nitrogens is 3. The first-order valence-electron chi connectivity index (χ1n) is 6.71. The average Bonchev–Trinajstić information content (AvgIpc) is 2.55. The molecule has 2 aromatic rings. The average molecular weight is 281 g/mol. The number of nitriles is 1. The molecule has 106 valence electrons. The summed E-state index contributed by atoms with van der Waals surface area (Å²) in [6, 6.07) is 5.77. The van der Waals surface area contributed by atoms with E-state index in [0.717, 1.165) is 31.9 Å². The molecule has 1 aliphatic heterocycles. The molecule has 0 unspecified atom stereocenters. The lowest BCUT2D eigenvalue weighted by atomic mass is 10.2. The van der Waals surface area contributed by atoms with E-state index in [9.17, 15) is 0 Å². The van der Waals surface area contributed by atoms with Crippen molar-refractivity contribution in [1.82, 2.24) is 15.2 Å². The smallest absolute Gasteiger partial charge is 0.169 e. The number of nitrogen functional groups attached to an aromatic ring is 1. The second-order valence-corrected chi connectivity index (χ2v) is 4.79. The van der Waals surface area contributed by atoms with Crippen molar-refractivity contribution in [1.29, 1.82) is 5.26 Å². The highest BCUT2D eigenvalue weighted by Crippen LogP contribution is 2.24. The SMILES string of the molecule is N#Cc1ccnnc1N1CCN(c2ccncc2N)CC1. The number of nitrogens with two attached hydrogens (primary N) is 1. The van der Waals surface area contributed by atoms with Crippen LogP contribution in [0.15, 0.2) is 30.7 Å². The summed E-state index contributed by atoms with van der Waals surface area (Å²) in [6.45, 7) is 3.18. The summed E-state index contributed by atoms with van der Waals surface area (Å²) >= 11 is 0. The molecule has 0 bridgehead atoms. The molecule has 0 atom stereocenters. The lowest BCUT2D eigenvalue weighted by Crippen LogP contribution is -2.47. The Morgan fingerprint density at radius 2 is 1.86 bits per heavy atom. The molecule has 2 aromatic heterocycles. The molecule has 7 heteroatoms. The van der Waals surface area contributed by atoms with E-state index < -0.39 is 0 Å². The lowest BCUT2D eigenvalue weighted by molar-refractivity contribution is 0.643. The first kappa shape index (κ1) is 13.1. The zero-order valence-electron chi connectivity index (χ0n) is 11.5. The van der Waals surface area contributed by atoms with Gasteiger partial charge in [-0.05, 0) is 12.1 Å². The van der Waals surface area contributed by atoms with Gasteiger partial charge in [0.15, 0.2) is 5.82 Å². The molecule has 7 nitrogen and oxygen atoms in total. The van der Waals surface area contributed by atoms with Crippen molar-refractivity contribution >= 4 is 17.2 Å². The molecule has 0 aromatic carbocycles. The second kappa shape index (κ2) is 5.63. The molecule has 1 aliphatic rings. The summed E-state index contributed by atoms with van der Waals surface area (Å²) in [4.78, 5) is 8.31. The van der Waals surface area contributed by atoms with Crippen molar-refractivity contribution in [2.24, 2.45) is 0 Å². The van der Waals surface area contributed by atoms with Crippen molar-refractivity contribution in [3.05, 3.63) is 36.3 Å². The number of rotatable bonds is 2. The van der Waals surface area contributed by atoms with Gasteiger partial charge in [0.25, 0.3) is 0 Å². The first-order chi connectivity index (χ1) is 10.3. The van der Waals surface area contributed by atoms with Crippen LogP contribution >= 0.6 is 0 Å². The lowest BCUT2D eigenvalue weighted by Gasteiger charge is -2.37. The zero-order valence-corrected chi connectivity index (χ0v) is 11.5. The van der Waals surface area contributed by atoms with Crippen LogP contribution in [-0.2, 0) is 0 Å². The van der Waals surface area contributed by atoms with E-state index in [1.54, 1.807) is 18.5 Å². The van der Waals surface area contributed by atoms with Crippen LogP contribution in [0.2, 0.25) is 0 Å². The summed E-state index contributed by atoms with van der Waals surface area (Å²) in [5.74, 6) is 0.655. The molecule has 0 saturated carbocycles. The van der Waals surface area contributed by atoms with Gasteiger partial charge >= 0.3 is 0 Å². The van der Waals surface area contributed by atoms with E-state index in [1.165, 1.54) is 6.20 Å². The Morgan fingerprint density at radius 1 is 1.10 bits per heavy atom. The molecule has 3 rings (SSSR count). The molecule has 21 heavy (non-hydrogen) atoms. The van der Waals surface area contributed by atoms with E-state index in [1.807, 2.05) is 6.07 Å². The first-order valence-corrected chi connectivity index (χ1v) is 6.71. The fourth-order valence-electron chi connectivity index (χ4n) is 2.49. The summed E-state index contributed by atoms with van der Waals surface area (Å²) in [5, 5.41) is 17.1. The van der Waals surface area contributed by atoms with Crippen LogP contribution < -0.4 is 15.5 Å². The summed E-state index contributed by atoms with van der Waals surface area (Å²) in [7, 11) is 0. The topological polar surface area (TPSA) is 95.0 Å². The quantitative estimate of drug-likeness (QED) is 0.863. The molecule has 0 spiro atoms. The maximum absolute atomic E-state index is 9.14. The minimum Gasteiger partial charge on any atom is -0.396 e. The molecule has 1 saturated heterocycles. The molecule has 0 amide bonds. The van der Waals surface area contributed by atoms with Crippen molar-refractivity contribution < 1.29 is 0 Å². The highest BCUT2D eigenvalue weighted by Gasteiger charge is 2.21.